The maximum absolute atomic E-state index is 12.6. The summed E-state index contributed by atoms with van der Waals surface area (Å²) in [5, 5.41) is 0.474. The van der Waals surface area contributed by atoms with Gasteiger partial charge in [-0.05, 0) is 24.1 Å². The monoisotopic (exact) mass is 275 g/mol. The van der Waals surface area contributed by atoms with Gasteiger partial charge in [0, 0.05) is 11.8 Å². The minimum absolute atomic E-state index is 0.192. The molecule has 0 aliphatic carbocycles. The van der Waals surface area contributed by atoms with Gasteiger partial charge >= 0.3 is 0 Å². The Morgan fingerprint density at radius 2 is 1.53 bits per heavy atom. The Morgan fingerprint density at radius 3 is 2.05 bits per heavy atom. The van der Waals surface area contributed by atoms with Gasteiger partial charge in [0.1, 0.15) is 0 Å². The Hall–Kier alpha value is -1.41. The van der Waals surface area contributed by atoms with Gasteiger partial charge in [-0.2, -0.15) is 0 Å². The third kappa shape index (κ3) is 3.32. The van der Waals surface area contributed by atoms with Crippen LogP contribution in [0.3, 0.4) is 0 Å². The number of nitrogens with two attached hydrogens (primary N) is 1. The molecular formula is C15H18NO2P. The molecule has 2 aromatic carbocycles. The third-order valence-corrected chi connectivity index (χ3v) is 5.63. The first-order chi connectivity index (χ1) is 9.14. The van der Waals surface area contributed by atoms with Crippen molar-refractivity contribution in [2.45, 2.75) is 12.1 Å². The Kier molecular flexibility index (Phi) is 4.54. The van der Waals surface area contributed by atoms with Gasteiger partial charge < -0.3 is 10.6 Å². The Labute approximate surface area is 113 Å². The zero-order chi connectivity index (χ0) is 13.7. The van der Waals surface area contributed by atoms with Gasteiger partial charge in [0.2, 0.25) is 7.37 Å². The molecule has 0 fully saturated rings. The quantitative estimate of drug-likeness (QED) is 0.822. The van der Waals surface area contributed by atoms with Crippen molar-refractivity contribution in [2.75, 3.05) is 6.54 Å². The van der Waals surface area contributed by atoms with Crippen LogP contribution in [0.15, 0.2) is 60.7 Å². The molecule has 4 heteroatoms. The molecule has 0 saturated carbocycles. The summed E-state index contributed by atoms with van der Waals surface area (Å²) in [7, 11) is -3.45. The highest BCUT2D eigenvalue weighted by molar-refractivity contribution is 7.66. The van der Waals surface area contributed by atoms with Crippen LogP contribution in [0.5, 0.6) is 0 Å². The van der Waals surface area contributed by atoms with Crippen molar-refractivity contribution < 1.29 is 9.46 Å². The Morgan fingerprint density at radius 1 is 1.00 bits per heavy atom. The van der Waals surface area contributed by atoms with Crippen LogP contribution in [0, 0.1) is 0 Å². The van der Waals surface area contributed by atoms with E-state index in [0.717, 1.165) is 5.56 Å². The SMILES string of the molecule is NCC(Cc1ccccc1)P(=O)(O)c1ccccc1. The highest BCUT2D eigenvalue weighted by atomic mass is 31.2. The molecular weight excluding hydrogens is 257 g/mol. The summed E-state index contributed by atoms with van der Waals surface area (Å²) in [4.78, 5) is 10.4. The predicted molar refractivity (Wildman–Crippen MR) is 78.9 cm³/mol. The molecule has 0 amide bonds. The number of hydrogen-bond acceptors (Lipinski definition) is 2. The van der Waals surface area contributed by atoms with Crippen LogP contribution in [-0.2, 0) is 11.0 Å². The van der Waals surface area contributed by atoms with E-state index in [1.807, 2.05) is 36.4 Å². The van der Waals surface area contributed by atoms with Gasteiger partial charge in [-0.25, -0.2) is 0 Å². The van der Waals surface area contributed by atoms with E-state index < -0.39 is 13.0 Å². The topological polar surface area (TPSA) is 63.3 Å². The number of rotatable bonds is 5. The van der Waals surface area contributed by atoms with Crippen molar-refractivity contribution in [1.82, 2.24) is 0 Å². The Balaban J connectivity index is 2.24. The van der Waals surface area contributed by atoms with Crippen LogP contribution in [-0.4, -0.2) is 17.1 Å². The van der Waals surface area contributed by atoms with Gasteiger partial charge in [0.15, 0.2) is 0 Å². The average Bonchev–Trinajstić information content (AvgIpc) is 2.46. The van der Waals surface area contributed by atoms with E-state index >= 15 is 0 Å². The second-order valence-electron chi connectivity index (χ2n) is 4.54. The summed E-state index contributed by atoms with van der Waals surface area (Å²) in [6.07, 6.45) is 0.514. The second-order valence-corrected chi connectivity index (χ2v) is 7.03. The van der Waals surface area contributed by atoms with Crippen molar-refractivity contribution in [2.24, 2.45) is 5.73 Å². The lowest BCUT2D eigenvalue weighted by molar-refractivity contribution is 0.473. The summed E-state index contributed by atoms with van der Waals surface area (Å²) < 4.78 is 12.6. The zero-order valence-electron chi connectivity index (χ0n) is 10.6. The standard InChI is InChI=1S/C15H18NO2P/c16-12-15(11-13-7-3-1-4-8-13)19(17,18)14-9-5-2-6-10-14/h1-10,15H,11-12,16H2,(H,17,18). The fourth-order valence-corrected chi connectivity index (χ4v) is 3.85. The van der Waals surface area contributed by atoms with Crippen molar-refractivity contribution in [3.8, 4) is 0 Å². The van der Waals surface area contributed by atoms with Crippen molar-refractivity contribution in [1.29, 1.82) is 0 Å². The summed E-state index contributed by atoms with van der Waals surface area (Å²) in [6.45, 7) is 0.192. The van der Waals surface area contributed by atoms with E-state index in [2.05, 4.69) is 0 Å². The fraction of sp³-hybridized carbons (Fsp3) is 0.200. The minimum atomic E-state index is -3.45. The molecule has 0 aromatic heterocycles. The molecule has 3 nitrogen and oxygen atoms in total. The normalized spacial score (nSPS) is 15.7. The van der Waals surface area contributed by atoms with E-state index in [0.29, 0.717) is 11.7 Å². The summed E-state index contributed by atoms with van der Waals surface area (Å²) in [6, 6.07) is 18.4. The average molecular weight is 275 g/mol. The molecule has 100 valence electrons. The van der Waals surface area contributed by atoms with E-state index in [1.165, 1.54) is 0 Å². The van der Waals surface area contributed by atoms with Crippen LogP contribution in [0.2, 0.25) is 0 Å². The van der Waals surface area contributed by atoms with Crippen LogP contribution in [0.4, 0.5) is 0 Å². The number of hydrogen-bond donors (Lipinski definition) is 2. The van der Waals surface area contributed by atoms with Gasteiger partial charge in [-0.3, -0.25) is 4.57 Å². The zero-order valence-corrected chi connectivity index (χ0v) is 11.5. The maximum Gasteiger partial charge on any atom is 0.234 e. The molecule has 2 unspecified atom stereocenters. The van der Waals surface area contributed by atoms with Gasteiger partial charge in [-0.1, -0.05) is 48.5 Å². The molecule has 0 spiro atoms. The van der Waals surface area contributed by atoms with Gasteiger partial charge in [-0.15, -0.1) is 0 Å². The van der Waals surface area contributed by atoms with Crippen molar-refractivity contribution in [3.05, 3.63) is 66.2 Å². The molecule has 0 aliphatic rings. The molecule has 0 bridgehead atoms. The Bertz CT molecular complexity index is 557. The smallest absolute Gasteiger partial charge is 0.234 e. The third-order valence-electron chi connectivity index (χ3n) is 3.21. The maximum atomic E-state index is 12.6. The highest BCUT2D eigenvalue weighted by Crippen LogP contribution is 2.45. The molecule has 2 rings (SSSR count). The lowest BCUT2D eigenvalue weighted by atomic mass is 10.1. The number of benzene rings is 2. The molecule has 2 atom stereocenters. The second kappa shape index (κ2) is 6.16. The van der Waals surface area contributed by atoms with Crippen LogP contribution in [0.25, 0.3) is 0 Å². The molecule has 19 heavy (non-hydrogen) atoms. The van der Waals surface area contributed by atoms with E-state index in [9.17, 15) is 9.46 Å². The summed E-state index contributed by atoms with van der Waals surface area (Å²) in [5.74, 6) is 0. The molecule has 0 aliphatic heterocycles. The summed E-state index contributed by atoms with van der Waals surface area (Å²) >= 11 is 0. The van der Waals surface area contributed by atoms with Crippen molar-refractivity contribution in [3.63, 3.8) is 0 Å². The molecule has 0 saturated heterocycles. The molecule has 0 heterocycles. The van der Waals surface area contributed by atoms with E-state index in [4.69, 9.17) is 5.73 Å². The lowest BCUT2D eigenvalue weighted by Crippen LogP contribution is -2.27. The van der Waals surface area contributed by atoms with Gasteiger partial charge in [0.05, 0.1) is 5.66 Å². The molecule has 0 radical (unpaired) electrons. The predicted octanol–water partition coefficient (Wildman–Crippen LogP) is 2.15. The highest BCUT2D eigenvalue weighted by Gasteiger charge is 2.31. The van der Waals surface area contributed by atoms with E-state index in [1.54, 1.807) is 24.3 Å². The molecule has 2 aromatic rings. The first-order valence-corrected chi connectivity index (χ1v) is 7.99. The minimum Gasteiger partial charge on any atom is -0.341 e. The first-order valence-electron chi connectivity index (χ1n) is 6.26. The first kappa shape index (κ1) is 14.0. The largest absolute Gasteiger partial charge is 0.341 e. The van der Waals surface area contributed by atoms with Crippen LogP contribution in [0.1, 0.15) is 5.56 Å². The lowest BCUT2D eigenvalue weighted by Gasteiger charge is -2.22. The van der Waals surface area contributed by atoms with Crippen LogP contribution >= 0.6 is 7.37 Å². The summed E-state index contributed by atoms with van der Waals surface area (Å²) in [5.41, 5.74) is 6.30. The fourth-order valence-electron chi connectivity index (χ4n) is 2.09. The van der Waals surface area contributed by atoms with Crippen LogP contribution < -0.4 is 11.0 Å². The van der Waals surface area contributed by atoms with Crippen molar-refractivity contribution >= 4 is 12.7 Å². The van der Waals surface area contributed by atoms with E-state index in [-0.39, 0.29) is 6.54 Å². The van der Waals surface area contributed by atoms with Gasteiger partial charge in [0.25, 0.3) is 0 Å². The molecule has 3 N–H and O–H groups in total.